The monoisotopic (exact) mass is 264 g/mol. The molecule has 1 aromatic carbocycles. The Balaban J connectivity index is 2.44. The minimum absolute atomic E-state index is 0.137. The van der Waals surface area contributed by atoms with Crippen LogP contribution in [-0.4, -0.2) is 15.1 Å². The van der Waals surface area contributed by atoms with Crippen LogP contribution in [0.25, 0.3) is 11.3 Å². The van der Waals surface area contributed by atoms with E-state index in [2.05, 4.69) is 25.9 Å². The predicted octanol–water partition coefficient (Wildman–Crippen LogP) is 2.40. The molecule has 0 aliphatic carbocycles. The first-order valence-electron chi connectivity index (χ1n) is 4.48. The highest BCUT2D eigenvalue weighted by Gasteiger charge is 2.01. The van der Waals surface area contributed by atoms with Crippen molar-refractivity contribution in [3.05, 3.63) is 46.8 Å². The number of aliphatic hydroxyl groups is 1. The molecule has 2 aromatic rings. The standard InChI is InChI=1S/C11H9BrN2O/c12-9-3-1-2-8(6-9)10-4-5-13-11(7-15)14-10/h1-6,15H,7H2. The van der Waals surface area contributed by atoms with Gasteiger partial charge in [-0.1, -0.05) is 28.1 Å². The highest BCUT2D eigenvalue weighted by molar-refractivity contribution is 9.10. The van der Waals surface area contributed by atoms with Gasteiger partial charge in [-0.15, -0.1) is 0 Å². The second-order valence-electron chi connectivity index (χ2n) is 3.03. The van der Waals surface area contributed by atoms with Crippen molar-refractivity contribution in [1.29, 1.82) is 0 Å². The first-order valence-corrected chi connectivity index (χ1v) is 5.27. The first kappa shape index (κ1) is 10.3. The zero-order valence-electron chi connectivity index (χ0n) is 7.89. The molecule has 0 amide bonds. The summed E-state index contributed by atoms with van der Waals surface area (Å²) in [7, 11) is 0. The Morgan fingerprint density at radius 1 is 1.27 bits per heavy atom. The quantitative estimate of drug-likeness (QED) is 0.906. The van der Waals surface area contributed by atoms with E-state index in [-0.39, 0.29) is 6.61 Å². The van der Waals surface area contributed by atoms with Gasteiger partial charge in [0.15, 0.2) is 5.82 Å². The summed E-state index contributed by atoms with van der Waals surface area (Å²) in [5, 5.41) is 8.93. The fourth-order valence-corrected chi connectivity index (χ4v) is 1.68. The molecule has 1 aromatic heterocycles. The lowest BCUT2D eigenvalue weighted by molar-refractivity contribution is 0.271. The molecule has 2 rings (SSSR count). The Bertz CT molecular complexity index is 474. The Morgan fingerprint density at radius 2 is 2.13 bits per heavy atom. The summed E-state index contributed by atoms with van der Waals surface area (Å²) in [6, 6.07) is 9.66. The maximum absolute atomic E-state index is 8.93. The van der Waals surface area contributed by atoms with Gasteiger partial charge in [0.2, 0.25) is 0 Å². The molecule has 0 aliphatic rings. The number of nitrogens with zero attached hydrogens (tertiary/aromatic N) is 2. The lowest BCUT2D eigenvalue weighted by atomic mass is 10.1. The van der Waals surface area contributed by atoms with Crippen molar-refractivity contribution < 1.29 is 5.11 Å². The number of halogens is 1. The van der Waals surface area contributed by atoms with E-state index in [0.29, 0.717) is 5.82 Å². The Morgan fingerprint density at radius 3 is 2.87 bits per heavy atom. The zero-order chi connectivity index (χ0) is 10.7. The van der Waals surface area contributed by atoms with E-state index in [4.69, 9.17) is 5.11 Å². The lowest BCUT2D eigenvalue weighted by Crippen LogP contribution is -1.95. The van der Waals surface area contributed by atoms with Crippen molar-refractivity contribution in [2.24, 2.45) is 0 Å². The van der Waals surface area contributed by atoms with Gasteiger partial charge < -0.3 is 5.11 Å². The third-order valence-electron chi connectivity index (χ3n) is 1.97. The molecular formula is C11H9BrN2O. The number of aromatic nitrogens is 2. The van der Waals surface area contributed by atoms with E-state index >= 15 is 0 Å². The van der Waals surface area contributed by atoms with Crippen LogP contribution in [-0.2, 0) is 6.61 Å². The highest BCUT2D eigenvalue weighted by atomic mass is 79.9. The van der Waals surface area contributed by atoms with Crippen molar-refractivity contribution in [2.75, 3.05) is 0 Å². The van der Waals surface area contributed by atoms with Gasteiger partial charge in [-0.25, -0.2) is 9.97 Å². The number of rotatable bonds is 2. The van der Waals surface area contributed by atoms with Gasteiger partial charge in [0.25, 0.3) is 0 Å². The van der Waals surface area contributed by atoms with Crippen LogP contribution in [0, 0.1) is 0 Å². The number of hydrogen-bond donors (Lipinski definition) is 1. The molecule has 3 nitrogen and oxygen atoms in total. The average Bonchev–Trinajstić information content (AvgIpc) is 2.29. The molecule has 0 fully saturated rings. The second kappa shape index (κ2) is 4.51. The Labute approximate surface area is 96.0 Å². The van der Waals surface area contributed by atoms with Crippen LogP contribution >= 0.6 is 15.9 Å². The molecule has 1 N–H and O–H groups in total. The van der Waals surface area contributed by atoms with Crippen molar-refractivity contribution >= 4 is 15.9 Å². The summed E-state index contributed by atoms with van der Waals surface area (Å²) in [6.07, 6.45) is 1.65. The van der Waals surface area contributed by atoms with E-state index in [9.17, 15) is 0 Å². The van der Waals surface area contributed by atoms with E-state index < -0.39 is 0 Å². The van der Waals surface area contributed by atoms with Crippen LogP contribution in [0.5, 0.6) is 0 Å². The SMILES string of the molecule is OCc1nccc(-c2cccc(Br)c2)n1. The third-order valence-corrected chi connectivity index (χ3v) is 2.46. The molecular weight excluding hydrogens is 256 g/mol. The lowest BCUT2D eigenvalue weighted by Gasteiger charge is -2.02. The number of aliphatic hydroxyl groups excluding tert-OH is 1. The van der Waals surface area contributed by atoms with Crippen molar-refractivity contribution in [3.8, 4) is 11.3 Å². The van der Waals surface area contributed by atoms with E-state index in [1.54, 1.807) is 6.20 Å². The molecule has 0 aliphatic heterocycles. The number of benzene rings is 1. The topological polar surface area (TPSA) is 46.0 Å². The molecule has 4 heteroatoms. The van der Waals surface area contributed by atoms with Gasteiger partial charge in [-0.3, -0.25) is 0 Å². The Hall–Kier alpha value is -1.26. The molecule has 0 atom stereocenters. The average molecular weight is 265 g/mol. The van der Waals surface area contributed by atoms with E-state index in [1.165, 1.54) is 0 Å². The number of hydrogen-bond acceptors (Lipinski definition) is 3. The Kier molecular flexibility index (Phi) is 3.08. The van der Waals surface area contributed by atoms with Crippen LogP contribution in [0.2, 0.25) is 0 Å². The second-order valence-corrected chi connectivity index (χ2v) is 3.94. The van der Waals surface area contributed by atoms with Crippen LogP contribution < -0.4 is 0 Å². The minimum atomic E-state index is -0.137. The first-order chi connectivity index (χ1) is 7.29. The van der Waals surface area contributed by atoms with Crippen molar-refractivity contribution in [1.82, 2.24) is 9.97 Å². The van der Waals surface area contributed by atoms with Gasteiger partial charge in [0.1, 0.15) is 6.61 Å². The van der Waals surface area contributed by atoms with E-state index in [1.807, 2.05) is 30.3 Å². The maximum atomic E-state index is 8.93. The molecule has 0 spiro atoms. The van der Waals surface area contributed by atoms with E-state index in [0.717, 1.165) is 15.7 Å². The molecule has 0 saturated carbocycles. The summed E-state index contributed by atoms with van der Waals surface area (Å²) in [5.41, 5.74) is 1.82. The molecule has 0 bridgehead atoms. The zero-order valence-corrected chi connectivity index (χ0v) is 9.48. The highest BCUT2D eigenvalue weighted by Crippen LogP contribution is 2.20. The van der Waals surface area contributed by atoms with Gasteiger partial charge in [-0.05, 0) is 18.2 Å². The molecule has 0 saturated heterocycles. The summed E-state index contributed by atoms with van der Waals surface area (Å²) >= 11 is 3.40. The predicted molar refractivity (Wildman–Crippen MR) is 61.1 cm³/mol. The van der Waals surface area contributed by atoms with Crippen molar-refractivity contribution in [2.45, 2.75) is 6.61 Å². The van der Waals surface area contributed by atoms with Gasteiger partial charge >= 0.3 is 0 Å². The molecule has 15 heavy (non-hydrogen) atoms. The normalized spacial score (nSPS) is 10.3. The molecule has 0 unspecified atom stereocenters. The minimum Gasteiger partial charge on any atom is -0.388 e. The molecule has 0 radical (unpaired) electrons. The van der Waals surface area contributed by atoms with Crippen LogP contribution in [0.15, 0.2) is 41.0 Å². The largest absolute Gasteiger partial charge is 0.388 e. The fraction of sp³-hybridized carbons (Fsp3) is 0.0909. The summed E-state index contributed by atoms with van der Waals surface area (Å²) in [6.45, 7) is -0.137. The maximum Gasteiger partial charge on any atom is 0.154 e. The van der Waals surface area contributed by atoms with Gasteiger partial charge in [-0.2, -0.15) is 0 Å². The molecule has 76 valence electrons. The van der Waals surface area contributed by atoms with Crippen LogP contribution in [0.4, 0.5) is 0 Å². The van der Waals surface area contributed by atoms with Crippen LogP contribution in [0.1, 0.15) is 5.82 Å². The smallest absolute Gasteiger partial charge is 0.154 e. The van der Waals surface area contributed by atoms with Crippen LogP contribution in [0.3, 0.4) is 0 Å². The molecule has 1 heterocycles. The van der Waals surface area contributed by atoms with Crippen molar-refractivity contribution in [3.63, 3.8) is 0 Å². The summed E-state index contributed by atoms with van der Waals surface area (Å²) in [5.74, 6) is 0.437. The van der Waals surface area contributed by atoms with Gasteiger partial charge in [0, 0.05) is 16.2 Å². The summed E-state index contributed by atoms with van der Waals surface area (Å²) < 4.78 is 1.00. The fourth-order valence-electron chi connectivity index (χ4n) is 1.28. The summed E-state index contributed by atoms with van der Waals surface area (Å²) in [4.78, 5) is 8.15. The third kappa shape index (κ3) is 2.40. The van der Waals surface area contributed by atoms with Gasteiger partial charge in [0.05, 0.1) is 5.69 Å².